The first-order valence-corrected chi connectivity index (χ1v) is 9.18. The Morgan fingerprint density at radius 1 is 1.21 bits per heavy atom. The molecule has 7 heteroatoms. The Balaban J connectivity index is 1.36. The highest BCUT2D eigenvalue weighted by Crippen LogP contribution is 2.40. The highest BCUT2D eigenvalue weighted by Gasteiger charge is 2.28. The third-order valence-electron chi connectivity index (χ3n) is 4.94. The number of amides is 1. The van der Waals surface area contributed by atoms with Crippen molar-refractivity contribution in [3.8, 4) is 5.69 Å². The summed E-state index contributed by atoms with van der Waals surface area (Å²) < 4.78 is 7.30. The van der Waals surface area contributed by atoms with Gasteiger partial charge in [-0.25, -0.2) is 9.78 Å². The number of rotatable bonds is 4. The summed E-state index contributed by atoms with van der Waals surface area (Å²) in [7, 11) is 0. The van der Waals surface area contributed by atoms with E-state index in [9.17, 15) is 9.59 Å². The Hall–Kier alpha value is -3.61. The van der Waals surface area contributed by atoms with Crippen LogP contribution >= 0.6 is 0 Å². The van der Waals surface area contributed by atoms with E-state index in [-0.39, 0.29) is 11.6 Å². The Morgan fingerprint density at radius 2 is 2.00 bits per heavy atom. The second-order valence-corrected chi connectivity index (χ2v) is 7.08. The van der Waals surface area contributed by atoms with Gasteiger partial charge in [0, 0.05) is 29.1 Å². The molecule has 2 aromatic heterocycles. The maximum Gasteiger partial charge on any atom is 0.330 e. The number of aromatic amines is 1. The number of H-pyrrole nitrogens is 1. The number of oxazole rings is 1. The molecule has 28 heavy (non-hydrogen) atoms. The van der Waals surface area contributed by atoms with Crippen LogP contribution in [0, 0.1) is 6.92 Å². The molecule has 2 heterocycles. The molecule has 0 bridgehead atoms. The number of carbonyl (C=O) groups excluding carboxylic acids is 1. The summed E-state index contributed by atoms with van der Waals surface area (Å²) in [5, 5.41) is 2.89. The fraction of sp³-hybridized carbons (Fsp3) is 0.190. The zero-order valence-electron chi connectivity index (χ0n) is 15.2. The molecule has 0 unspecified atom stereocenters. The van der Waals surface area contributed by atoms with Crippen molar-refractivity contribution in [3.63, 3.8) is 0 Å². The van der Waals surface area contributed by atoms with Crippen LogP contribution < -0.4 is 11.0 Å². The van der Waals surface area contributed by atoms with E-state index >= 15 is 0 Å². The maximum absolute atomic E-state index is 12.6. The van der Waals surface area contributed by atoms with Crippen LogP contribution in [-0.4, -0.2) is 20.4 Å². The van der Waals surface area contributed by atoms with Crippen molar-refractivity contribution in [3.05, 3.63) is 76.3 Å². The minimum atomic E-state index is -0.227. The Morgan fingerprint density at radius 3 is 2.68 bits per heavy atom. The van der Waals surface area contributed by atoms with Gasteiger partial charge in [-0.15, -0.1) is 0 Å². The van der Waals surface area contributed by atoms with Crippen LogP contribution in [0.3, 0.4) is 0 Å². The van der Waals surface area contributed by atoms with Crippen LogP contribution in [0.4, 0.5) is 5.69 Å². The maximum atomic E-state index is 12.6. The molecule has 1 saturated carbocycles. The van der Waals surface area contributed by atoms with Gasteiger partial charge in [-0.2, -0.15) is 0 Å². The fourth-order valence-electron chi connectivity index (χ4n) is 3.27. The van der Waals surface area contributed by atoms with Crippen LogP contribution in [0.1, 0.15) is 40.7 Å². The Labute approximate surface area is 160 Å². The van der Waals surface area contributed by atoms with Crippen LogP contribution in [0.25, 0.3) is 16.8 Å². The molecule has 0 atom stereocenters. The first-order chi connectivity index (χ1) is 13.6. The average molecular weight is 374 g/mol. The van der Waals surface area contributed by atoms with Gasteiger partial charge in [-0.05, 0) is 62.2 Å². The Bertz CT molecular complexity index is 1240. The average Bonchev–Trinajstić information content (AvgIpc) is 3.38. The summed E-state index contributed by atoms with van der Waals surface area (Å²) in [6, 6.07) is 12.3. The zero-order chi connectivity index (χ0) is 19.3. The van der Waals surface area contributed by atoms with Crippen molar-refractivity contribution in [1.82, 2.24) is 14.5 Å². The number of imidazole rings is 1. The van der Waals surface area contributed by atoms with Crippen molar-refractivity contribution < 1.29 is 9.21 Å². The first kappa shape index (κ1) is 16.6. The number of anilines is 1. The van der Waals surface area contributed by atoms with Gasteiger partial charge in [-0.3, -0.25) is 9.36 Å². The molecule has 1 aliphatic rings. The summed E-state index contributed by atoms with van der Waals surface area (Å²) in [5.41, 5.74) is 3.94. The fourth-order valence-corrected chi connectivity index (χ4v) is 3.27. The lowest BCUT2D eigenvalue weighted by Gasteiger charge is -2.07. The third kappa shape index (κ3) is 2.90. The van der Waals surface area contributed by atoms with E-state index < -0.39 is 0 Å². The van der Waals surface area contributed by atoms with E-state index in [1.807, 2.05) is 19.1 Å². The van der Waals surface area contributed by atoms with E-state index in [0.29, 0.717) is 22.9 Å². The number of aryl methyl sites for hydroxylation is 1. The van der Waals surface area contributed by atoms with E-state index in [0.717, 1.165) is 35.5 Å². The lowest BCUT2D eigenvalue weighted by molar-refractivity contribution is 0.102. The molecule has 2 aromatic carbocycles. The van der Waals surface area contributed by atoms with Gasteiger partial charge in [0.1, 0.15) is 5.52 Å². The number of hydrogen-bond acceptors (Lipinski definition) is 4. The van der Waals surface area contributed by atoms with Crippen LogP contribution in [0.2, 0.25) is 0 Å². The molecular weight excluding hydrogens is 356 g/mol. The predicted octanol–water partition coefficient (Wildman–Crippen LogP) is 3.74. The number of nitrogens with zero attached hydrogens (tertiary/aromatic N) is 2. The third-order valence-corrected chi connectivity index (χ3v) is 4.94. The minimum Gasteiger partial charge on any atom is -0.440 e. The molecule has 1 fully saturated rings. The molecule has 4 aromatic rings. The van der Waals surface area contributed by atoms with Crippen LogP contribution in [-0.2, 0) is 0 Å². The topological polar surface area (TPSA) is 92.9 Å². The number of carbonyl (C=O) groups is 1. The molecule has 1 amide bonds. The normalized spacial score (nSPS) is 13.8. The predicted molar refractivity (Wildman–Crippen MR) is 105 cm³/mol. The molecule has 0 spiro atoms. The number of fused-ring (bicyclic) bond motifs is 1. The number of benzene rings is 2. The minimum absolute atomic E-state index is 0.207. The SMILES string of the molecule is Cc1c[nH]c(=O)n1-c1ccc(C(=O)Nc2ccc3oc(C4CC4)nc3c2)cc1. The molecule has 0 radical (unpaired) electrons. The molecule has 7 nitrogen and oxygen atoms in total. The van der Waals surface area contributed by atoms with Gasteiger partial charge >= 0.3 is 5.69 Å². The van der Waals surface area contributed by atoms with E-state index in [4.69, 9.17) is 4.42 Å². The molecule has 140 valence electrons. The number of nitrogens with one attached hydrogen (secondary N) is 2. The second-order valence-electron chi connectivity index (χ2n) is 7.08. The van der Waals surface area contributed by atoms with Crippen molar-refractivity contribution in [2.75, 3.05) is 5.32 Å². The van der Waals surface area contributed by atoms with Gasteiger partial charge in [0.15, 0.2) is 11.5 Å². The smallest absolute Gasteiger partial charge is 0.330 e. The van der Waals surface area contributed by atoms with Gasteiger partial charge in [-0.1, -0.05) is 0 Å². The second kappa shape index (κ2) is 6.23. The summed E-state index contributed by atoms with van der Waals surface area (Å²) in [6.45, 7) is 1.84. The van der Waals surface area contributed by atoms with E-state index in [1.165, 1.54) is 0 Å². The molecule has 1 aliphatic carbocycles. The van der Waals surface area contributed by atoms with E-state index in [2.05, 4.69) is 15.3 Å². The molecule has 0 saturated heterocycles. The lowest BCUT2D eigenvalue weighted by atomic mass is 10.2. The van der Waals surface area contributed by atoms with Crippen molar-refractivity contribution in [1.29, 1.82) is 0 Å². The van der Waals surface area contributed by atoms with Crippen molar-refractivity contribution in [2.24, 2.45) is 0 Å². The largest absolute Gasteiger partial charge is 0.440 e. The monoisotopic (exact) mass is 374 g/mol. The first-order valence-electron chi connectivity index (χ1n) is 9.18. The zero-order valence-corrected chi connectivity index (χ0v) is 15.2. The Kier molecular flexibility index (Phi) is 3.68. The van der Waals surface area contributed by atoms with Gasteiger partial charge in [0.2, 0.25) is 0 Å². The quantitative estimate of drug-likeness (QED) is 0.569. The standard InChI is InChI=1S/C21H18N4O3/c1-12-11-22-21(27)25(12)16-7-4-13(5-8-16)19(26)23-15-6-9-18-17(10-15)24-20(28-18)14-2-3-14/h4-11,14H,2-3H2,1H3,(H,22,27)(H,23,26). The van der Waals surface area contributed by atoms with Crippen LogP contribution in [0.15, 0.2) is 57.9 Å². The van der Waals surface area contributed by atoms with Crippen LogP contribution in [0.5, 0.6) is 0 Å². The van der Waals surface area contributed by atoms with Gasteiger partial charge in [0.25, 0.3) is 5.91 Å². The number of hydrogen-bond donors (Lipinski definition) is 2. The summed E-state index contributed by atoms with van der Waals surface area (Å²) in [5.74, 6) is 0.999. The highest BCUT2D eigenvalue weighted by molar-refractivity contribution is 6.05. The summed E-state index contributed by atoms with van der Waals surface area (Å²) in [4.78, 5) is 31.6. The molecule has 5 rings (SSSR count). The van der Waals surface area contributed by atoms with Crippen molar-refractivity contribution >= 4 is 22.7 Å². The van der Waals surface area contributed by atoms with Gasteiger partial charge < -0.3 is 14.7 Å². The van der Waals surface area contributed by atoms with Crippen molar-refractivity contribution in [2.45, 2.75) is 25.7 Å². The van der Waals surface area contributed by atoms with E-state index in [1.54, 1.807) is 41.1 Å². The van der Waals surface area contributed by atoms with Gasteiger partial charge in [0.05, 0.1) is 5.69 Å². The highest BCUT2D eigenvalue weighted by atomic mass is 16.3. The molecule has 2 N–H and O–H groups in total. The lowest BCUT2D eigenvalue weighted by Crippen LogP contribution is -2.16. The number of aromatic nitrogens is 3. The summed E-state index contributed by atoms with van der Waals surface area (Å²) >= 11 is 0. The molecular formula is C21H18N4O3. The molecule has 0 aliphatic heterocycles. The summed E-state index contributed by atoms with van der Waals surface area (Å²) in [6.07, 6.45) is 3.90.